The number of benzene rings is 1. The van der Waals surface area contributed by atoms with Gasteiger partial charge in [0.1, 0.15) is 0 Å². The van der Waals surface area contributed by atoms with E-state index in [1.165, 1.54) is 5.56 Å². The number of nitrogens with one attached hydrogen (secondary N) is 1. The molecule has 24 heavy (non-hydrogen) atoms. The third-order valence-electron chi connectivity index (χ3n) is 5.16. The molecule has 1 unspecified atom stereocenters. The second kappa shape index (κ2) is 7.34. The Balaban J connectivity index is 1.68. The number of nitrogens with zero attached hydrogens (tertiary/aromatic N) is 1. The fraction of sp³-hybridized carbons (Fsp3) is 0.579. The van der Waals surface area contributed by atoms with Gasteiger partial charge in [-0.15, -0.1) is 0 Å². The molecule has 2 heterocycles. The third kappa shape index (κ3) is 3.61. The lowest BCUT2D eigenvalue weighted by Gasteiger charge is -2.29. The van der Waals surface area contributed by atoms with Crippen LogP contribution in [-0.4, -0.2) is 48.6 Å². The van der Waals surface area contributed by atoms with Gasteiger partial charge in [0.2, 0.25) is 0 Å². The predicted molar refractivity (Wildman–Crippen MR) is 92.3 cm³/mol. The van der Waals surface area contributed by atoms with E-state index in [4.69, 9.17) is 4.74 Å². The maximum Gasteiger partial charge on any atom is 0.318 e. The van der Waals surface area contributed by atoms with Gasteiger partial charge in [0.15, 0.2) is 5.78 Å². The molecule has 0 spiro atoms. The van der Waals surface area contributed by atoms with E-state index in [9.17, 15) is 9.59 Å². The summed E-state index contributed by atoms with van der Waals surface area (Å²) < 4.78 is 5.33. The molecule has 0 bridgehead atoms. The van der Waals surface area contributed by atoms with Crippen LogP contribution in [0.4, 0.5) is 4.79 Å². The van der Waals surface area contributed by atoms with Crippen molar-refractivity contribution in [3.63, 3.8) is 0 Å². The highest BCUT2D eigenvalue weighted by Crippen LogP contribution is 2.23. The largest absolute Gasteiger partial charge is 0.381 e. The van der Waals surface area contributed by atoms with Crippen molar-refractivity contribution in [2.24, 2.45) is 0 Å². The van der Waals surface area contributed by atoms with Crippen molar-refractivity contribution in [2.45, 2.75) is 51.6 Å². The molecule has 2 aliphatic heterocycles. The summed E-state index contributed by atoms with van der Waals surface area (Å²) in [5.41, 5.74) is 2.98. The zero-order valence-electron chi connectivity index (χ0n) is 14.5. The zero-order chi connectivity index (χ0) is 17.1. The van der Waals surface area contributed by atoms with Crippen molar-refractivity contribution < 1.29 is 14.3 Å². The lowest BCUT2D eigenvalue weighted by atomic mass is 9.98. The van der Waals surface area contributed by atoms with Gasteiger partial charge in [0.05, 0.1) is 6.04 Å². The molecular formula is C19H26N2O3. The van der Waals surface area contributed by atoms with Gasteiger partial charge in [-0.25, -0.2) is 4.79 Å². The minimum absolute atomic E-state index is 0.0535. The Bertz CT molecular complexity index is 623. The molecule has 1 aromatic rings. The first-order chi connectivity index (χ1) is 11.6. The number of hydrogen-bond acceptors (Lipinski definition) is 3. The molecule has 1 atom stereocenters. The van der Waals surface area contributed by atoms with Gasteiger partial charge in [-0.3, -0.25) is 4.79 Å². The highest BCUT2D eigenvalue weighted by atomic mass is 16.5. The molecule has 0 saturated carbocycles. The summed E-state index contributed by atoms with van der Waals surface area (Å²) in [6, 6.07) is 5.49. The minimum atomic E-state index is -0.341. The van der Waals surface area contributed by atoms with Crippen molar-refractivity contribution in [3.8, 4) is 0 Å². The van der Waals surface area contributed by atoms with Crippen LogP contribution in [0.5, 0.6) is 0 Å². The summed E-state index contributed by atoms with van der Waals surface area (Å²) >= 11 is 0. The van der Waals surface area contributed by atoms with Gasteiger partial charge in [0, 0.05) is 31.4 Å². The highest BCUT2D eigenvalue weighted by molar-refractivity contribution is 6.02. The summed E-state index contributed by atoms with van der Waals surface area (Å²) in [5, 5.41) is 3.07. The maximum atomic E-state index is 12.9. The van der Waals surface area contributed by atoms with Gasteiger partial charge < -0.3 is 15.0 Å². The molecule has 5 heteroatoms. The van der Waals surface area contributed by atoms with Crippen LogP contribution >= 0.6 is 0 Å². The molecule has 1 N–H and O–H groups in total. The lowest BCUT2D eigenvalue weighted by molar-refractivity contribution is 0.0758. The van der Waals surface area contributed by atoms with Gasteiger partial charge >= 0.3 is 6.03 Å². The number of urea groups is 1. The van der Waals surface area contributed by atoms with Gasteiger partial charge in [-0.2, -0.15) is 0 Å². The van der Waals surface area contributed by atoms with Gasteiger partial charge in [-0.05, 0) is 56.7 Å². The van der Waals surface area contributed by atoms with Gasteiger partial charge in [-0.1, -0.05) is 12.1 Å². The van der Waals surface area contributed by atoms with Crippen molar-refractivity contribution in [3.05, 3.63) is 34.9 Å². The molecule has 2 fully saturated rings. The van der Waals surface area contributed by atoms with E-state index in [0.29, 0.717) is 25.3 Å². The molecule has 1 aromatic carbocycles. The normalized spacial score (nSPS) is 21.8. The Kier molecular flexibility index (Phi) is 5.19. The monoisotopic (exact) mass is 330 g/mol. The standard InChI is InChI=1S/C19H26N2O3/c1-13-5-6-15(12-14(13)2)18(22)17-4-3-9-21(17)19(23)20-16-7-10-24-11-8-16/h5-6,12,16-17H,3-4,7-11H2,1-2H3,(H,20,23). The Morgan fingerprint density at radius 1 is 1.12 bits per heavy atom. The van der Waals surface area contributed by atoms with E-state index in [1.807, 2.05) is 32.0 Å². The Morgan fingerprint density at radius 3 is 2.58 bits per heavy atom. The predicted octanol–water partition coefficient (Wildman–Crippen LogP) is 2.84. The molecule has 2 amide bonds. The smallest absolute Gasteiger partial charge is 0.318 e. The van der Waals surface area contributed by atoms with Crippen LogP contribution in [0.3, 0.4) is 0 Å². The molecule has 2 saturated heterocycles. The number of aryl methyl sites for hydroxylation is 2. The first-order valence-electron chi connectivity index (χ1n) is 8.82. The summed E-state index contributed by atoms with van der Waals surface area (Å²) in [6.45, 7) is 6.07. The average Bonchev–Trinajstić information content (AvgIpc) is 3.07. The van der Waals surface area contributed by atoms with E-state index in [0.717, 1.165) is 31.2 Å². The molecule has 130 valence electrons. The van der Waals surface area contributed by atoms with Crippen molar-refractivity contribution in [1.82, 2.24) is 10.2 Å². The summed E-state index contributed by atoms with van der Waals surface area (Å²) in [6.07, 6.45) is 3.31. The Labute approximate surface area is 143 Å². The van der Waals surface area contributed by atoms with E-state index in [2.05, 4.69) is 5.32 Å². The molecule has 3 rings (SSSR count). The number of carbonyl (C=O) groups excluding carboxylic acids is 2. The number of Topliss-reactive ketones (excluding diaryl/α,β-unsaturated/α-hetero) is 1. The van der Waals surface area contributed by atoms with Crippen LogP contribution < -0.4 is 5.32 Å². The topological polar surface area (TPSA) is 58.6 Å². The number of likely N-dealkylation sites (tertiary alicyclic amines) is 1. The quantitative estimate of drug-likeness (QED) is 0.867. The molecular weight excluding hydrogens is 304 g/mol. The Morgan fingerprint density at radius 2 is 1.88 bits per heavy atom. The number of ether oxygens (including phenoxy) is 1. The molecule has 5 nitrogen and oxygen atoms in total. The molecule has 0 aliphatic carbocycles. The van der Waals surface area contributed by atoms with E-state index in [-0.39, 0.29) is 23.9 Å². The van der Waals surface area contributed by atoms with Crippen LogP contribution in [0.2, 0.25) is 0 Å². The maximum absolute atomic E-state index is 12.9. The lowest BCUT2D eigenvalue weighted by Crippen LogP contribution is -2.50. The average molecular weight is 330 g/mol. The Hall–Kier alpha value is -1.88. The van der Waals surface area contributed by atoms with Crippen molar-refractivity contribution in [2.75, 3.05) is 19.8 Å². The first-order valence-corrected chi connectivity index (χ1v) is 8.82. The van der Waals surface area contributed by atoms with Crippen LogP contribution in [0.25, 0.3) is 0 Å². The van der Waals surface area contributed by atoms with E-state index in [1.54, 1.807) is 4.90 Å². The molecule has 0 aromatic heterocycles. The van der Waals surface area contributed by atoms with Crippen LogP contribution in [0.1, 0.15) is 47.2 Å². The number of amides is 2. The van der Waals surface area contributed by atoms with Crippen LogP contribution in [-0.2, 0) is 4.74 Å². The zero-order valence-corrected chi connectivity index (χ0v) is 14.5. The first kappa shape index (κ1) is 17.0. The number of carbonyl (C=O) groups is 2. The number of ketones is 1. The minimum Gasteiger partial charge on any atom is -0.381 e. The summed E-state index contributed by atoms with van der Waals surface area (Å²) in [7, 11) is 0. The van der Waals surface area contributed by atoms with Crippen LogP contribution in [0.15, 0.2) is 18.2 Å². The highest BCUT2D eigenvalue weighted by Gasteiger charge is 2.35. The molecule has 2 aliphatic rings. The summed E-state index contributed by atoms with van der Waals surface area (Å²) in [4.78, 5) is 27.2. The van der Waals surface area contributed by atoms with Crippen molar-refractivity contribution >= 4 is 11.8 Å². The van der Waals surface area contributed by atoms with Gasteiger partial charge in [0.25, 0.3) is 0 Å². The molecule has 0 radical (unpaired) electrons. The van der Waals surface area contributed by atoms with E-state index < -0.39 is 0 Å². The van der Waals surface area contributed by atoms with E-state index >= 15 is 0 Å². The second-order valence-corrected chi connectivity index (χ2v) is 6.85. The summed E-state index contributed by atoms with van der Waals surface area (Å²) in [5.74, 6) is 0.0535. The second-order valence-electron chi connectivity index (χ2n) is 6.85. The third-order valence-corrected chi connectivity index (χ3v) is 5.16. The number of hydrogen-bond donors (Lipinski definition) is 1. The SMILES string of the molecule is Cc1ccc(C(=O)C2CCCN2C(=O)NC2CCOCC2)cc1C. The fourth-order valence-corrected chi connectivity index (χ4v) is 3.47. The van der Waals surface area contributed by atoms with Crippen molar-refractivity contribution in [1.29, 1.82) is 0 Å². The van der Waals surface area contributed by atoms with Crippen LogP contribution in [0, 0.1) is 13.8 Å². The number of rotatable bonds is 3. The fourth-order valence-electron chi connectivity index (χ4n) is 3.47.